The smallest absolute Gasteiger partial charge is 0.163 e. The molecule has 1 aliphatic heterocycles. The van der Waals surface area contributed by atoms with Crippen molar-refractivity contribution in [3.05, 3.63) is 101 Å². The summed E-state index contributed by atoms with van der Waals surface area (Å²) in [4.78, 5) is 18.0. The fourth-order valence-electron chi connectivity index (χ4n) is 4.52. The number of benzene rings is 2. The molecular formula is C26H25N3O. The summed E-state index contributed by atoms with van der Waals surface area (Å²) in [6.07, 6.45) is 4.14. The summed E-state index contributed by atoms with van der Waals surface area (Å²) in [7, 11) is 0. The third kappa shape index (κ3) is 3.39. The first kappa shape index (κ1) is 18.6. The lowest BCUT2D eigenvalue weighted by atomic mass is 9.79. The van der Waals surface area contributed by atoms with Gasteiger partial charge in [0.05, 0.1) is 23.1 Å². The highest BCUT2D eigenvalue weighted by molar-refractivity contribution is 6.01. The molecular weight excluding hydrogens is 370 g/mol. The van der Waals surface area contributed by atoms with Gasteiger partial charge in [-0.1, -0.05) is 49.4 Å². The Kier molecular flexibility index (Phi) is 4.83. The van der Waals surface area contributed by atoms with Crippen LogP contribution in [0.3, 0.4) is 0 Å². The maximum absolute atomic E-state index is 13.5. The highest BCUT2D eigenvalue weighted by atomic mass is 16.1. The highest BCUT2D eigenvalue weighted by Crippen LogP contribution is 2.43. The predicted octanol–water partition coefficient (Wildman–Crippen LogP) is 5.62. The van der Waals surface area contributed by atoms with E-state index in [9.17, 15) is 4.79 Å². The second-order valence-electron chi connectivity index (χ2n) is 8.02. The van der Waals surface area contributed by atoms with Crippen molar-refractivity contribution in [1.82, 2.24) is 4.98 Å². The van der Waals surface area contributed by atoms with Gasteiger partial charge in [0, 0.05) is 23.9 Å². The Morgan fingerprint density at radius 2 is 1.70 bits per heavy atom. The van der Waals surface area contributed by atoms with Crippen LogP contribution < -0.4 is 10.6 Å². The summed E-state index contributed by atoms with van der Waals surface area (Å²) >= 11 is 0. The zero-order valence-corrected chi connectivity index (χ0v) is 17.1. The molecule has 30 heavy (non-hydrogen) atoms. The van der Waals surface area contributed by atoms with E-state index in [2.05, 4.69) is 52.9 Å². The minimum Gasteiger partial charge on any atom is -0.371 e. The molecule has 0 spiro atoms. The monoisotopic (exact) mass is 395 g/mol. The number of pyridine rings is 1. The first-order valence-corrected chi connectivity index (χ1v) is 10.6. The number of allylic oxidation sites excluding steroid dienone is 1. The maximum atomic E-state index is 13.5. The van der Waals surface area contributed by atoms with Crippen LogP contribution in [-0.4, -0.2) is 10.8 Å². The molecule has 0 saturated carbocycles. The molecule has 0 saturated heterocycles. The molecule has 4 nitrogen and oxygen atoms in total. The molecule has 4 heteroatoms. The van der Waals surface area contributed by atoms with Gasteiger partial charge in [-0.2, -0.15) is 0 Å². The van der Waals surface area contributed by atoms with Crippen LogP contribution in [0.15, 0.2) is 84.2 Å². The molecule has 2 aromatic carbocycles. The van der Waals surface area contributed by atoms with Crippen LogP contribution in [0.1, 0.15) is 48.5 Å². The van der Waals surface area contributed by atoms with Crippen molar-refractivity contribution in [1.29, 1.82) is 0 Å². The lowest BCUT2D eigenvalue weighted by molar-refractivity contribution is -0.116. The van der Waals surface area contributed by atoms with E-state index in [1.54, 1.807) is 6.20 Å². The number of para-hydroxylation sites is 2. The van der Waals surface area contributed by atoms with Crippen LogP contribution in [0.2, 0.25) is 0 Å². The molecule has 1 aromatic heterocycles. The van der Waals surface area contributed by atoms with Gasteiger partial charge in [-0.25, -0.2) is 0 Å². The van der Waals surface area contributed by atoms with Crippen molar-refractivity contribution in [2.75, 3.05) is 10.6 Å². The molecule has 2 heterocycles. The first-order valence-electron chi connectivity index (χ1n) is 10.6. The quantitative estimate of drug-likeness (QED) is 0.604. The van der Waals surface area contributed by atoms with Crippen LogP contribution in [0.4, 0.5) is 11.4 Å². The fourth-order valence-corrected chi connectivity index (χ4v) is 4.52. The number of anilines is 2. The lowest BCUT2D eigenvalue weighted by Crippen LogP contribution is -2.27. The number of carbonyl (C=O) groups is 1. The molecule has 1 aliphatic carbocycles. The molecule has 2 unspecified atom stereocenters. The second-order valence-corrected chi connectivity index (χ2v) is 8.02. The number of aryl methyl sites for hydroxylation is 1. The molecule has 150 valence electrons. The summed E-state index contributed by atoms with van der Waals surface area (Å²) < 4.78 is 0. The van der Waals surface area contributed by atoms with Gasteiger partial charge < -0.3 is 10.6 Å². The number of nitrogens with zero attached hydrogens (tertiary/aromatic N) is 1. The van der Waals surface area contributed by atoms with Crippen LogP contribution in [-0.2, 0) is 11.2 Å². The molecule has 0 bridgehead atoms. The molecule has 0 amide bonds. The molecule has 0 fully saturated rings. The Balaban J connectivity index is 1.57. The van der Waals surface area contributed by atoms with Gasteiger partial charge in [0.2, 0.25) is 0 Å². The van der Waals surface area contributed by atoms with Crippen molar-refractivity contribution in [3.8, 4) is 0 Å². The van der Waals surface area contributed by atoms with Gasteiger partial charge in [0.25, 0.3) is 0 Å². The van der Waals surface area contributed by atoms with E-state index < -0.39 is 0 Å². The van der Waals surface area contributed by atoms with Crippen molar-refractivity contribution < 1.29 is 4.79 Å². The van der Waals surface area contributed by atoms with Crippen LogP contribution in [0.5, 0.6) is 0 Å². The average Bonchev–Trinajstić information content (AvgIpc) is 2.96. The number of aromatic nitrogens is 1. The minimum absolute atomic E-state index is 0.185. The molecule has 2 N–H and O–H groups in total. The summed E-state index contributed by atoms with van der Waals surface area (Å²) in [5, 5.41) is 7.15. The van der Waals surface area contributed by atoms with E-state index in [1.807, 2.05) is 36.4 Å². The summed E-state index contributed by atoms with van der Waals surface area (Å²) in [5.74, 6) is 0.369. The third-order valence-corrected chi connectivity index (χ3v) is 6.15. The standard InChI is InChI=1S/C26H25N3O/c1-2-17-10-12-18(13-11-17)19-15-23-25(24(30)16-19)26(22-9-5-6-14-27-22)29-21-8-4-3-7-20(21)28-23/h3-14,19,26,28-29H,2,15-16H2,1H3. The van der Waals surface area contributed by atoms with Crippen LogP contribution >= 0.6 is 0 Å². The molecule has 0 radical (unpaired) electrons. The number of nitrogens with one attached hydrogen (secondary N) is 2. The molecule has 3 aromatic rings. The van der Waals surface area contributed by atoms with Crippen molar-refractivity contribution in [2.24, 2.45) is 0 Å². The molecule has 2 atom stereocenters. The summed E-state index contributed by atoms with van der Waals surface area (Å²) in [5.41, 5.74) is 7.21. The minimum atomic E-state index is -0.256. The summed E-state index contributed by atoms with van der Waals surface area (Å²) in [6.45, 7) is 2.16. The molecule has 5 rings (SSSR count). The average molecular weight is 396 g/mol. The number of fused-ring (bicyclic) bond motifs is 1. The van der Waals surface area contributed by atoms with Gasteiger partial charge in [-0.05, 0) is 54.2 Å². The van der Waals surface area contributed by atoms with Gasteiger partial charge in [-0.15, -0.1) is 0 Å². The third-order valence-electron chi connectivity index (χ3n) is 6.15. The van der Waals surface area contributed by atoms with E-state index in [-0.39, 0.29) is 17.7 Å². The van der Waals surface area contributed by atoms with E-state index >= 15 is 0 Å². The Bertz CT molecular complexity index is 1100. The van der Waals surface area contributed by atoms with Gasteiger partial charge in [0.15, 0.2) is 5.78 Å². The van der Waals surface area contributed by atoms with Crippen LogP contribution in [0, 0.1) is 0 Å². The number of hydrogen-bond donors (Lipinski definition) is 2. The Labute approximate surface area is 177 Å². The Morgan fingerprint density at radius 3 is 2.43 bits per heavy atom. The van der Waals surface area contributed by atoms with E-state index in [0.29, 0.717) is 6.42 Å². The van der Waals surface area contributed by atoms with Gasteiger partial charge in [-0.3, -0.25) is 9.78 Å². The van der Waals surface area contributed by atoms with Gasteiger partial charge >= 0.3 is 0 Å². The van der Waals surface area contributed by atoms with E-state index in [0.717, 1.165) is 41.2 Å². The fraction of sp³-hybridized carbons (Fsp3) is 0.231. The zero-order valence-electron chi connectivity index (χ0n) is 17.1. The maximum Gasteiger partial charge on any atom is 0.163 e. The number of Topliss-reactive ketones (excluding diaryl/α,β-unsaturated/α-hetero) is 1. The van der Waals surface area contributed by atoms with E-state index in [4.69, 9.17) is 0 Å². The normalized spacial score (nSPS) is 20.5. The number of hydrogen-bond acceptors (Lipinski definition) is 4. The number of carbonyl (C=O) groups excluding carboxylic acids is 1. The highest BCUT2D eigenvalue weighted by Gasteiger charge is 2.36. The van der Waals surface area contributed by atoms with Gasteiger partial charge in [0.1, 0.15) is 0 Å². The topological polar surface area (TPSA) is 54.0 Å². The van der Waals surface area contributed by atoms with Crippen molar-refractivity contribution in [3.63, 3.8) is 0 Å². The largest absolute Gasteiger partial charge is 0.371 e. The van der Waals surface area contributed by atoms with E-state index in [1.165, 1.54) is 11.1 Å². The molecule has 2 aliphatic rings. The SMILES string of the molecule is CCc1ccc(C2CC(=O)C3=C(C2)Nc2ccccc2NC3c2ccccn2)cc1. The van der Waals surface area contributed by atoms with Crippen LogP contribution in [0.25, 0.3) is 0 Å². The Hall–Kier alpha value is -3.40. The predicted molar refractivity (Wildman–Crippen MR) is 120 cm³/mol. The zero-order chi connectivity index (χ0) is 20.5. The van der Waals surface area contributed by atoms with Crippen molar-refractivity contribution >= 4 is 17.2 Å². The second kappa shape index (κ2) is 7.79. The van der Waals surface area contributed by atoms with Crippen molar-refractivity contribution in [2.45, 2.75) is 38.1 Å². The Morgan fingerprint density at radius 1 is 0.933 bits per heavy atom. The number of rotatable bonds is 3. The first-order chi connectivity index (χ1) is 14.7. The number of ketones is 1. The summed E-state index contributed by atoms with van der Waals surface area (Å²) in [6, 6.07) is 22.4. The lowest BCUT2D eigenvalue weighted by Gasteiger charge is -2.29.